The highest BCUT2D eigenvalue weighted by Gasteiger charge is 2.20. The van der Waals surface area contributed by atoms with Gasteiger partial charge in [-0.15, -0.1) is 11.6 Å². The van der Waals surface area contributed by atoms with Gasteiger partial charge in [0.1, 0.15) is 17.2 Å². The maximum absolute atomic E-state index is 13.4. The quantitative estimate of drug-likeness (QED) is 0.479. The Bertz CT molecular complexity index is 824. The highest BCUT2D eigenvalue weighted by Crippen LogP contribution is 2.28. The number of halogens is 3. The fraction of sp³-hybridized carbons (Fsp3) is 0.286. The van der Waals surface area contributed by atoms with Gasteiger partial charge in [-0.05, 0) is 47.2 Å². The Morgan fingerprint density at radius 1 is 1.38 bits per heavy atom. The summed E-state index contributed by atoms with van der Waals surface area (Å²) in [6, 6.07) is 4.68. The first-order chi connectivity index (χ1) is 10.1. The first kappa shape index (κ1) is 14.8. The molecule has 2 heterocycles. The van der Waals surface area contributed by atoms with Crippen molar-refractivity contribution in [2.75, 3.05) is 0 Å². The van der Waals surface area contributed by atoms with E-state index in [2.05, 4.69) is 32.7 Å². The van der Waals surface area contributed by atoms with Crippen molar-refractivity contribution < 1.29 is 4.39 Å². The van der Waals surface area contributed by atoms with E-state index in [0.717, 1.165) is 38.4 Å². The molecule has 3 aromatic rings. The minimum atomic E-state index is -0.258. The van der Waals surface area contributed by atoms with Gasteiger partial charge >= 0.3 is 0 Å². The lowest BCUT2D eigenvalue weighted by atomic mass is 10.3. The van der Waals surface area contributed by atoms with Crippen LogP contribution < -0.4 is 0 Å². The summed E-state index contributed by atoms with van der Waals surface area (Å²) in [4.78, 5) is 4.61. The molecule has 2 aromatic heterocycles. The van der Waals surface area contributed by atoms with E-state index in [1.165, 1.54) is 12.1 Å². The third kappa shape index (κ3) is 2.34. The Kier molecular flexibility index (Phi) is 3.92. The average Bonchev–Trinajstić information content (AvgIpc) is 2.97. The van der Waals surface area contributed by atoms with Gasteiger partial charge in [0, 0.05) is 10.6 Å². The van der Waals surface area contributed by atoms with Crippen molar-refractivity contribution in [3.63, 3.8) is 0 Å². The predicted octanol–water partition coefficient (Wildman–Crippen LogP) is 3.80. The third-order valence-corrected chi connectivity index (χ3v) is 4.48. The van der Waals surface area contributed by atoms with Gasteiger partial charge < -0.3 is 0 Å². The Labute approximate surface area is 140 Å². The number of nitrogens with zero attached hydrogens (tertiary/aromatic N) is 4. The van der Waals surface area contributed by atoms with Crippen LogP contribution in [0, 0.1) is 9.39 Å². The van der Waals surface area contributed by atoms with Crippen molar-refractivity contribution >= 4 is 45.4 Å². The van der Waals surface area contributed by atoms with Gasteiger partial charge in [-0.3, -0.25) is 4.57 Å². The molecule has 21 heavy (non-hydrogen) atoms. The van der Waals surface area contributed by atoms with Crippen LogP contribution in [-0.2, 0) is 19.3 Å². The molecule has 0 aliphatic carbocycles. The van der Waals surface area contributed by atoms with Crippen LogP contribution in [0.1, 0.15) is 18.4 Å². The van der Waals surface area contributed by atoms with Gasteiger partial charge in [0.05, 0.1) is 17.3 Å². The van der Waals surface area contributed by atoms with E-state index >= 15 is 0 Å². The van der Waals surface area contributed by atoms with E-state index in [9.17, 15) is 4.39 Å². The summed E-state index contributed by atoms with van der Waals surface area (Å²) in [6.45, 7) is 2.04. The Morgan fingerprint density at radius 2 is 2.14 bits per heavy atom. The standard InChI is InChI=1S/C14H13ClFIN4/c1-3-10-13-14(20(2)19-10)21(12(7-15)18-13)11-5-4-8(16)6-9(11)17/h4-6H,3,7H2,1-2H3. The number of aryl methyl sites for hydroxylation is 2. The van der Waals surface area contributed by atoms with Gasteiger partial charge in [0.2, 0.25) is 0 Å². The molecular formula is C14H13ClFIN4. The van der Waals surface area contributed by atoms with Crippen LogP contribution in [0.15, 0.2) is 18.2 Å². The first-order valence-electron chi connectivity index (χ1n) is 6.51. The van der Waals surface area contributed by atoms with E-state index in [4.69, 9.17) is 11.6 Å². The number of hydrogen-bond acceptors (Lipinski definition) is 2. The van der Waals surface area contributed by atoms with Crippen molar-refractivity contribution in [3.8, 4) is 5.69 Å². The van der Waals surface area contributed by atoms with E-state index in [0.29, 0.717) is 0 Å². The Hall–Kier alpha value is -1.15. The van der Waals surface area contributed by atoms with Gasteiger partial charge in [0.15, 0.2) is 5.65 Å². The van der Waals surface area contributed by atoms with Crippen molar-refractivity contribution in [2.24, 2.45) is 7.05 Å². The van der Waals surface area contributed by atoms with E-state index in [1.807, 2.05) is 18.5 Å². The monoisotopic (exact) mass is 418 g/mol. The summed E-state index contributed by atoms with van der Waals surface area (Å²) in [5, 5.41) is 4.49. The zero-order valence-corrected chi connectivity index (χ0v) is 14.5. The number of fused-ring (bicyclic) bond motifs is 1. The molecule has 0 N–H and O–H groups in total. The highest BCUT2D eigenvalue weighted by atomic mass is 127. The molecule has 110 valence electrons. The number of imidazole rings is 1. The number of benzene rings is 1. The van der Waals surface area contributed by atoms with Gasteiger partial charge in [-0.1, -0.05) is 6.92 Å². The smallest absolute Gasteiger partial charge is 0.163 e. The molecule has 0 saturated carbocycles. The summed E-state index contributed by atoms with van der Waals surface area (Å²) in [6.07, 6.45) is 0.802. The second kappa shape index (κ2) is 5.57. The Morgan fingerprint density at radius 3 is 2.76 bits per heavy atom. The first-order valence-corrected chi connectivity index (χ1v) is 8.12. The molecule has 0 saturated heterocycles. The largest absolute Gasteiger partial charge is 0.279 e. The van der Waals surface area contributed by atoms with Crippen LogP contribution in [-0.4, -0.2) is 19.3 Å². The lowest BCUT2D eigenvalue weighted by molar-refractivity contribution is 0.626. The number of rotatable bonds is 3. The highest BCUT2D eigenvalue weighted by molar-refractivity contribution is 14.1. The van der Waals surface area contributed by atoms with Crippen LogP contribution in [0.25, 0.3) is 16.9 Å². The molecule has 3 rings (SSSR count). The minimum Gasteiger partial charge on any atom is -0.279 e. The maximum atomic E-state index is 13.4. The minimum absolute atomic E-state index is 0.258. The summed E-state index contributed by atoms with van der Waals surface area (Å²) < 4.78 is 17.9. The molecule has 0 spiro atoms. The Balaban J connectivity index is 2.37. The molecular weight excluding hydrogens is 406 g/mol. The zero-order valence-electron chi connectivity index (χ0n) is 11.6. The van der Waals surface area contributed by atoms with Crippen LogP contribution in [0.4, 0.5) is 4.39 Å². The van der Waals surface area contributed by atoms with Crippen molar-refractivity contribution in [3.05, 3.63) is 39.1 Å². The van der Waals surface area contributed by atoms with Crippen molar-refractivity contribution in [1.29, 1.82) is 0 Å². The molecule has 0 fully saturated rings. The lowest BCUT2D eigenvalue weighted by Gasteiger charge is -2.10. The van der Waals surface area contributed by atoms with Gasteiger partial charge in [-0.2, -0.15) is 5.10 Å². The van der Waals surface area contributed by atoms with Crippen molar-refractivity contribution in [1.82, 2.24) is 19.3 Å². The zero-order chi connectivity index (χ0) is 15.1. The molecule has 4 nitrogen and oxygen atoms in total. The molecule has 0 bridgehead atoms. The number of hydrogen-bond donors (Lipinski definition) is 0. The molecule has 0 unspecified atom stereocenters. The van der Waals surface area contributed by atoms with E-state index < -0.39 is 0 Å². The molecule has 7 heteroatoms. The molecule has 0 amide bonds. The average molecular weight is 419 g/mol. The topological polar surface area (TPSA) is 35.6 Å². The second-order valence-corrected chi connectivity index (χ2v) is 6.12. The van der Waals surface area contributed by atoms with Crippen LogP contribution in [0.3, 0.4) is 0 Å². The van der Waals surface area contributed by atoms with E-state index in [1.54, 1.807) is 10.7 Å². The maximum Gasteiger partial charge on any atom is 0.163 e. The normalized spacial score (nSPS) is 11.5. The second-order valence-electron chi connectivity index (χ2n) is 4.69. The third-order valence-electron chi connectivity index (χ3n) is 3.38. The number of aromatic nitrogens is 4. The molecule has 0 aliphatic heterocycles. The van der Waals surface area contributed by atoms with Gasteiger partial charge in [0.25, 0.3) is 0 Å². The van der Waals surface area contributed by atoms with Crippen LogP contribution >= 0.6 is 34.2 Å². The lowest BCUT2D eigenvalue weighted by Crippen LogP contribution is -2.06. The number of alkyl halides is 1. The predicted molar refractivity (Wildman–Crippen MR) is 89.4 cm³/mol. The molecule has 1 aromatic carbocycles. The molecule has 0 atom stereocenters. The summed E-state index contributed by atoms with van der Waals surface area (Å²) in [7, 11) is 1.88. The SMILES string of the molecule is CCc1nn(C)c2c1nc(CCl)n2-c1ccc(F)cc1I. The summed E-state index contributed by atoms with van der Waals surface area (Å²) >= 11 is 8.17. The fourth-order valence-electron chi connectivity index (χ4n) is 2.47. The van der Waals surface area contributed by atoms with Crippen LogP contribution in [0.2, 0.25) is 0 Å². The molecule has 0 aliphatic rings. The van der Waals surface area contributed by atoms with Gasteiger partial charge in [-0.25, -0.2) is 14.1 Å². The summed E-state index contributed by atoms with van der Waals surface area (Å²) in [5.74, 6) is 0.760. The molecule has 0 radical (unpaired) electrons. The van der Waals surface area contributed by atoms with Crippen LogP contribution in [0.5, 0.6) is 0 Å². The van der Waals surface area contributed by atoms with Crippen molar-refractivity contribution in [2.45, 2.75) is 19.2 Å². The summed E-state index contributed by atoms with van der Waals surface area (Å²) in [5.41, 5.74) is 3.54. The van der Waals surface area contributed by atoms with E-state index in [-0.39, 0.29) is 11.7 Å². The fourth-order valence-corrected chi connectivity index (χ4v) is 3.37.